The molecule has 5 heteroatoms. The van der Waals surface area contributed by atoms with E-state index in [1.807, 2.05) is 27.7 Å². The number of nitrogens with one attached hydrogen (secondary N) is 1. The third-order valence-corrected chi connectivity index (χ3v) is 1.75. The van der Waals surface area contributed by atoms with Crippen molar-refractivity contribution in [2.24, 2.45) is 4.99 Å². The van der Waals surface area contributed by atoms with Gasteiger partial charge in [0.25, 0.3) is 0 Å². The first-order chi connectivity index (χ1) is 7.59. The fraction of sp³-hybridized carbons (Fsp3) is 0.833. The van der Waals surface area contributed by atoms with Crippen LogP contribution in [0.5, 0.6) is 0 Å². The predicted molar refractivity (Wildman–Crippen MR) is 68.2 cm³/mol. The molecule has 0 fully saturated rings. The van der Waals surface area contributed by atoms with E-state index in [1.165, 1.54) is 0 Å². The molecule has 0 saturated heterocycles. The van der Waals surface area contributed by atoms with Gasteiger partial charge in [0.1, 0.15) is 11.3 Å². The molecule has 1 N–H and O–H groups in total. The van der Waals surface area contributed by atoms with Gasteiger partial charge in [-0.05, 0) is 34.6 Å². The van der Waals surface area contributed by atoms with E-state index in [0.29, 0.717) is 12.3 Å². The van der Waals surface area contributed by atoms with Crippen molar-refractivity contribution in [2.45, 2.75) is 59.2 Å². The van der Waals surface area contributed by atoms with Crippen molar-refractivity contribution in [2.75, 3.05) is 7.11 Å². The molecule has 1 amide bonds. The molecule has 0 bridgehead atoms. The molecular weight excluding hydrogens is 220 g/mol. The van der Waals surface area contributed by atoms with Crippen LogP contribution in [0.4, 0.5) is 4.79 Å². The Balaban J connectivity index is 4.54. The number of carbonyl (C=O) groups is 1. The summed E-state index contributed by atoms with van der Waals surface area (Å²) >= 11 is 0. The van der Waals surface area contributed by atoms with Crippen molar-refractivity contribution < 1.29 is 14.3 Å². The van der Waals surface area contributed by atoms with Crippen LogP contribution in [0, 0.1) is 0 Å². The van der Waals surface area contributed by atoms with Gasteiger partial charge in [-0.15, -0.1) is 0 Å². The number of hydrogen-bond acceptors (Lipinski definition) is 4. The summed E-state index contributed by atoms with van der Waals surface area (Å²) in [5, 5.41) is 2.68. The third kappa shape index (κ3) is 7.60. The zero-order valence-electron chi connectivity index (χ0n) is 11.9. The summed E-state index contributed by atoms with van der Waals surface area (Å²) in [6.07, 6.45) is 0.188. The van der Waals surface area contributed by atoms with Crippen LogP contribution in [0.2, 0.25) is 0 Å². The number of carbonyl (C=O) groups excluding carboxylic acids is 1. The second kappa shape index (κ2) is 5.89. The Morgan fingerprint density at radius 3 is 2.12 bits per heavy atom. The molecule has 0 aromatic carbocycles. The van der Waals surface area contributed by atoms with Gasteiger partial charge in [-0.25, -0.2) is 9.79 Å². The van der Waals surface area contributed by atoms with Crippen molar-refractivity contribution in [3.63, 3.8) is 0 Å². The quantitative estimate of drug-likeness (QED) is 0.613. The SMILES string of the molecule is CCC(=NC(C)(C)NC(=O)OC(C)(C)C)OC. The molecule has 0 aliphatic heterocycles. The molecule has 0 spiro atoms. The van der Waals surface area contributed by atoms with E-state index < -0.39 is 17.4 Å². The first-order valence-corrected chi connectivity index (χ1v) is 5.73. The van der Waals surface area contributed by atoms with Gasteiger partial charge in [0, 0.05) is 6.42 Å². The maximum atomic E-state index is 11.6. The normalized spacial score (nSPS) is 13.2. The number of rotatable bonds is 3. The number of hydrogen-bond donors (Lipinski definition) is 1. The van der Waals surface area contributed by atoms with E-state index in [1.54, 1.807) is 21.0 Å². The Morgan fingerprint density at radius 2 is 1.76 bits per heavy atom. The number of aliphatic imine (C=N–C) groups is 1. The Hall–Kier alpha value is -1.26. The highest BCUT2D eigenvalue weighted by atomic mass is 16.6. The number of ether oxygens (including phenoxy) is 2. The lowest BCUT2D eigenvalue weighted by molar-refractivity contribution is 0.0475. The molecule has 0 saturated carbocycles. The third-order valence-electron chi connectivity index (χ3n) is 1.75. The van der Waals surface area contributed by atoms with Gasteiger partial charge in [-0.2, -0.15) is 0 Å². The lowest BCUT2D eigenvalue weighted by Crippen LogP contribution is -2.45. The van der Waals surface area contributed by atoms with Gasteiger partial charge in [-0.1, -0.05) is 6.92 Å². The molecule has 5 nitrogen and oxygen atoms in total. The zero-order valence-corrected chi connectivity index (χ0v) is 11.9. The van der Waals surface area contributed by atoms with Crippen LogP contribution in [-0.4, -0.2) is 30.4 Å². The standard InChI is InChI=1S/C12H24N2O3/c1-8-9(16-7)13-12(5,6)14-10(15)17-11(2,3)4/h8H2,1-7H3,(H,14,15). The van der Waals surface area contributed by atoms with Crippen molar-refractivity contribution in [3.8, 4) is 0 Å². The van der Waals surface area contributed by atoms with Crippen LogP contribution >= 0.6 is 0 Å². The minimum atomic E-state index is -0.746. The fourth-order valence-electron chi connectivity index (χ4n) is 1.16. The summed E-state index contributed by atoms with van der Waals surface area (Å²) in [6.45, 7) is 10.9. The Kier molecular flexibility index (Phi) is 5.45. The van der Waals surface area contributed by atoms with Crippen LogP contribution < -0.4 is 5.32 Å². The highest BCUT2D eigenvalue weighted by molar-refractivity contribution is 5.76. The van der Waals surface area contributed by atoms with Gasteiger partial charge in [0.15, 0.2) is 5.90 Å². The lowest BCUT2D eigenvalue weighted by atomic mass is 10.2. The number of amides is 1. The molecule has 0 aliphatic carbocycles. The first kappa shape index (κ1) is 15.7. The Bertz CT molecular complexity index is 285. The monoisotopic (exact) mass is 244 g/mol. The van der Waals surface area contributed by atoms with Crippen molar-refractivity contribution in [1.29, 1.82) is 0 Å². The number of nitrogens with zero attached hydrogens (tertiary/aromatic N) is 1. The molecule has 0 rings (SSSR count). The highest BCUT2D eigenvalue weighted by Crippen LogP contribution is 2.11. The van der Waals surface area contributed by atoms with Crippen LogP contribution in [0.15, 0.2) is 4.99 Å². The second-order valence-corrected chi connectivity index (χ2v) is 5.25. The van der Waals surface area contributed by atoms with Crippen molar-refractivity contribution in [1.82, 2.24) is 5.32 Å². The molecule has 0 aromatic heterocycles. The van der Waals surface area contributed by atoms with Gasteiger partial charge >= 0.3 is 6.09 Å². The number of alkyl carbamates (subject to hydrolysis) is 1. The van der Waals surface area contributed by atoms with Crippen LogP contribution in [0.25, 0.3) is 0 Å². The molecule has 0 atom stereocenters. The van der Waals surface area contributed by atoms with Gasteiger partial charge in [-0.3, -0.25) is 5.32 Å². The molecule has 0 aliphatic rings. The van der Waals surface area contributed by atoms with E-state index in [9.17, 15) is 4.79 Å². The molecule has 0 radical (unpaired) electrons. The predicted octanol–water partition coefficient (Wildman–Crippen LogP) is 2.70. The van der Waals surface area contributed by atoms with E-state index >= 15 is 0 Å². The topological polar surface area (TPSA) is 59.9 Å². The highest BCUT2D eigenvalue weighted by Gasteiger charge is 2.24. The minimum Gasteiger partial charge on any atom is -0.484 e. The van der Waals surface area contributed by atoms with Crippen LogP contribution in [0.3, 0.4) is 0 Å². The average molecular weight is 244 g/mol. The summed E-state index contributed by atoms with van der Waals surface area (Å²) in [5.41, 5.74) is -1.26. The van der Waals surface area contributed by atoms with Crippen LogP contribution in [-0.2, 0) is 9.47 Å². The Labute approximate surface area is 104 Å². The van der Waals surface area contributed by atoms with Gasteiger partial charge in [0.05, 0.1) is 7.11 Å². The van der Waals surface area contributed by atoms with Gasteiger partial charge < -0.3 is 9.47 Å². The van der Waals surface area contributed by atoms with Crippen molar-refractivity contribution in [3.05, 3.63) is 0 Å². The lowest BCUT2D eigenvalue weighted by Gasteiger charge is -2.26. The van der Waals surface area contributed by atoms with E-state index in [-0.39, 0.29) is 0 Å². The summed E-state index contributed by atoms with van der Waals surface area (Å²) in [5.74, 6) is 0.589. The summed E-state index contributed by atoms with van der Waals surface area (Å²) in [7, 11) is 1.56. The molecule has 0 aromatic rings. The summed E-state index contributed by atoms with van der Waals surface area (Å²) in [4.78, 5) is 15.9. The molecular formula is C12H24N2O3. The first-order valence-electron chi connectivity index (χ1n) is 5.73. The van der Waals surface area contributed by atoms with Crippen LogP contribution in [0.1, 0.15) is 48.0 Å². The number of methoxy groups -OCH3 is 1. The van der Waals surface area contributed by atoms with Crippen molar-refractivity contribution >= 4 is 12.0 Å². The molecule has 0 heterocycles. The van der Waals surface area contributed by atoms with E-state index in [0.717, 1.165) is 0 Å². The average Bonchev–Trinajstić information content (AvgIpc) is 2.09. The molecule has 0 unspecified atom stereocenters. The smallest absolute Gasteiger partial charge is 0.409 e. The minimum absolute atomic E-state index is 0.488. The zero-order chi connectivity index (χ0) is 13.7. The maximum Gasteiger partial charge on any atom is 0.409 e. The second-order valence-electron chi connectivity index (χ2n) is 5.25. The van der Waals surface area contributed by atoms with Gasteiger partial charge in [0.2, 0.25) is 0 Å². The van der Waals surface area contributed by atoms with E-state index in [2.05, 4.69) is 10.3 Å². The summed E-state index contributed by atoms with van der Waals surface area (Å²) < 4.78 is 10.2. The largest absolute Gasteiger partial charge is 0.484 e. The molecule has 17 heavy (non-hydrogen) atoms. The maximum absolute atomic E-state index is 11.6. The fourth-order valence-corrected chi connectivity index (χ4v) is 1.16. The molecule has 100 valence electrons. The van der Waals surface area contributed by atoms with E-state index in [4.69, 9.17) is 9.47 Å². The Morgan fingerprint density at radius 1 is 1.24 bits per heavy atom. The summed E-state index contributed by atoms with van der Waals surface area (Å²) in [6, 6.07) is 0.